The van der Waals surface area contributed by atoms with Crippen LogP contribution in [0.2, 0.25) is 0 Å². The highest BCUT2D eigenvalue weighted by atomic mass is 16.5. The number of aromatic nitrogens is 1. The molecule has 0 atom stereocenters. The molecule has 2 aliphatic carbocycles. The van der Waals surface area contributed by atoms with E-state index in [0.29, 0.717) is 11.5 Å². The van der Waals surface area contributed by atoms with Gasteiger partial charge in [-0.05, 0) is 79.0 Å². The summed E-state index contributed by atoms with van der Waals surface area (Å²) >= 11 is 0. The van der Waals surface area contributed by atoms with Gasteiger partial charge in [0.2, 0.25) is 0 Å². The fourth-order valence-electron chi connectivity index (χ4n) is 5.37. The Kier molecular flexibility index (Phi) is 4.57. The minimum Gasteiger partial charge on any atom is -0.508 e. The molecule has 1 aromatic heterocycles. The van der Waals surface area contributed by atoms with Crippen molar-refractivity contribution < 1.29 is 14.7 Å². The molecule has 3 aromatic rings. The lowest BCUT2D eigenvalue weighted by Gasteiger charge is -2.38. The quantitative estimate of drug-likeness (QED) is 0.602. The van der Waals surface area contributed by atoms with E-state index in [4.69, 9.17) is 4.52 Å². The fourth-order valence-corrected chi connectivity index (χ4v) is 5.37. The number of phenols is 2. The molecule has 1 saturated carbocycles. The summed E-state index contributed by atoms with van der Waals surface area (Å²) in [6.45, 7) is 0. The lowest BCUT2D eigenvalue weighted by atomic mass is 9.66. The van der Waals surface area contributed by atoms with Gasteiger partial charge >= 0.3 is 0 Å². The van der Waals surface area contributed by atoms with Gasteiger partial charge in [-0.2, -0.15) is 0 Å². The van der Waals surface area contributed by atoms with E-state index in [9.17, 15) is 10.2 Å². The van der Waals surface area contributed by atoms with Gasteiger partial charge in [0.25, 0.3) is 0 Å². The van der Waals surface area contributed by atoms with Crippen molar-refractivity contribution in [2.75, 3.05) is 0 Å². The zero-order valence-corrected chi connectivity index (χ0v) is 16.7. The van der Waals surface area contributed by atoms with E-state index in [2.05, 4.69) is 17.3 Å². The van der Waals surface area contributed by atoms with Gasteiger partial charge in [0, 0.05) is 17.5 Å². The van der Waals surface area contributed by atoms with Crippen LogP contribution in [-0.4, -0.2) is 15.4 Å². The molecule has 0 amide bonds. The van der Waals surface area contributed by atoms with Crippen LogP contribution in [0.5, 0.6) is 11.5 Å². The highest BCUT2D eigenvalue weighted by Crippen LogP contribution is 2.44. The molecule has 0 saturated heterocycles. The Morgan fingerprint density at radius 2 is 1.66 bits per heavy atom. The Hall–Kier alpha value is -2.75. The molecule has 2 aromatic carbocycles. The molecule has 1 heterocycles. The van der Waals surface area contributed by atoms with Crippen LogP contribution in [0.1, 0.15) is 61.0 Å². The zero-order valence-electron chi connectivity index (χ0n) is 16.7. The highest BCUT2D eigenvalue weighted by Gasteiger charge is 2.35. The van der Waals surface area contributed by atoms with Crippen LogP contribution < -0.4 is 0 Å². The lowest BCUT2D eigenvalue weighted by Crippen LogP contribution is -2.29. The minimum atomic E-state index is 0.157. The van der Waals surface area contributed by atoms with E-state index < -0.39 is 0 Å². The van der Waals surface area contributed by atoms with E-state index in [-0.39, 0.29) is 5.41 Å². The monoisotopic (exact) mass is 389 g/mol. The van der Waals surface area contributed by atoms with Gasteiger partial charge < -0.3 is 14.7 Å². The third kappa shape index (κ3) is 3.31. The van der Waals surface area contributed by atoms with E-state index >= 15 is 0 Å². The molecule has 1 fully saturated rings. The zero-order chi connectivity index (χ0) is 19.8. The number of phenolic OH excluding ortho intramolecular Hbond substituents is 2. The lowest BCUT2D eigenvalue weighted by molar-refractivity contribution is 0.263. The number of rotatable bonds is 4. The number of hydrogen-bond acceptors (Lipinski definition) is 4. The molecule has 150 valence electrons. The predicted octanol–water partition coefficient (Wildman–Crippen LogP) is 5.69. The molecule has 2 N–H and O–H groups in total. The van der Waals surface area contributed by atoms with Crippen molar-refractivity contribution in [3.63, 3.8) is 0 Å². The molecule has 4 nitrogen and oxygen atoms in total. The Morgan fingerprint density at radius 1 is 0.897 bits per heavy atom. The first-order valence-corrected chi connectivity index (χ1v) is 10.7. The summed E-state index contributed by atoms with van der Waals surface area (Å²) in [6.07, 6.45) is 9.95. The van der Waals surface area contributed by atoms with Crippen LogP contribution in [0.3, 0.4) is 0 Å². The Balaban J connectivity index is 1.42. The third-order valence-corrected chi connectivity index (χ3v) is 6.98. The topological polar surface area (TPSA) is 66.5 Å². The van der Waals surface area contributed by atoms with Gasteiger partial charge in [0.05, 0.1) is 0 Å². The number of benzene rings is 2. The molecule has 0 bridgehead atoms. The summed E-state index contributed by atoms with van der Waals surface area (Å²) in [7, 11) is 0. The smallest absolute Gasteiger partial charge is 0.140 e. The fraction of sp³-hybridized carbons (Fsp3) is 0.400. The predicted molar refractivity (Wildman–Crippen MR) is 112 cm³/mol. The average Bonchev–Trinajstić information content (AvgIpc) is 3.16. The summed E-state index contributed by atoms with van der Waals surface area (Å²) in [5.74, 6) is 1.65. The van der Waals surface area contributed by atoms with Crippen molar-refractivity contribution >= 4 is 0 Å². The second kappa shape index (κ2) is 7.25. The summed E-state index contributed by atoms with van der Waals surface area (Å²) < 4.78 is 5.84. The number of fused-ring (bicyclic) bond motifs is 3. The highest BCUT2D eigenvalue weighted by molar-refractivity contribution is 5.70. The molecule has 0 radical (unpaired) electrons. The van der Waals surface area contributed by atoms with Crippen molar-refractivity contribution in [3.05, 3.63) is 64.9 Å². The maximum absolute atomic E-state index is 9.76. The van der Waals surface area contributed by atoms with E-state index in [1.54, 1.807) is 6.07 Å². The van der Waals surface area contributed by atoms with Crippen molar-refractivity contribution in [1.82, 2.24) is 5.16 Å². The first kappa shape index (κ1) is 18.3. The minimum absolute atomic E-state index is 0.157. The second-order valence-corrected chi connectivity index (χ2v) is 8.66. The number of aromatic hydroxyl groups is 2. The molecule has 29 heavy (non-hydrogen) atoms. The van der Waals surface area contributed by atoms with Crippen molar-refractivity contribution in [3.8, 4) is 22.8 Å². The number of hydrogen-bond donors (Lipinski definition) is 2. The molecular weight excluding hydrogens is 362 g/mol. The summed E-state index contributed by atoms with van der Waals surface area (Å²) in [5.41, 5.74) is 5.91. The van der Waals surface area contributed by atoms with Crippen LogP contribution in [-0.2, 0) is 24.7 Å². The van der Waals surface area contributed by atoms with Gasteiger partial charge in [-0.15, -0.1) is 0 Å². The maximum Gasteiger partial charge on any atom is 0.140 e. The normalized spacial score (nSPS) is 17.5. The van der Waals surface area contributed by atoms with Crippen LogP contribution in [0.25, 0.3) is 11.3 Å². The van der Waals surface area contributed by atoms with Crippen molar-refractivity contribution in [2.45, 2.75) is 63.2 Å². The largest absolute Gasteiger partial charge is 0.508 e. The molecule has 2 aliphatic rings. The summed E-state index contributed by atoms with van der Waals surface area (Å²) in [5, 5.41) is 23.9. The molecule has 0 unspecified atom stereocenters. The van der Waals surface area contributed by atoms with Crippen molar-refractivity contribution in [1.29, 1.82) is 0 Å². The first-order valence-electron chi connectivity index (χ1n) is 10.7. The Morgan fingerprint density at radius 3 is 2.45 bits per heavy atom. The molecule has 5 rings (SSSR count). The average molecular weight is 389 g/mol. The van der Waals surface area contributed by atoms with Crippen molar-refractivity contribution in [2.24, 2.45) is 0 Å². The number of nitrogens with zero attached hydrogens (tertiary/aromatic N) is 1. The third-order valence-electron chi connectivity index (χ3n) is 6.98. The molecular formula is C25H27NO3. The van der Waals surface area contributed by atoms with Crippen LogP contribution in [0, 0.1) is 0 Å². The maximum atomic E-state index is 9.76. The van der Waals surface area contributed by atoms with Gasteiger partial charge in [-0.25, -0.2) is 0 Å². The Bertz CT molecular complexity index is 1010. The summed E-state index contributed by atoms with van der Waals surface area (Å²) in [6, 6.07) is 13.3. The second-order valence-electron chi connectivity index (χ2n) is 8.66. The van der Waals surface area contributed by atoms with Gasteiger partial charge in [-0.1, -0.05) is 36.6 Å². The Labute approximate surface area is 171 Å². The van der Waals surface area contributed by atoms with Crippen LogP contribution in [0.15, 0.2) is 47.0 Å². The first-order chi connectivity index (χ1) is 14.1. The molecule has 0 aliphatic heterocycles. The SMILES string of the molecule is Oc1ccc(C2(CCc3onc4c3CCc3cc(O)ccc3-4)CCCCC2)cc1. The van der Waals surface area contributed by atoms with Gasteiger partial charge in [0.1, 0.15) is 23.0 Å². The molecule has 4 heteroatoms. The number of aryl methyl sites for hydroxylation is 2. The molecule has 0 spiro atoms. The standard InChI is InChI=1S/C25H27NO3/c27-19-7-5-18(6-8-19)25(13-2-1-3-14-25)15-12-23-22-10-4-17-16-20(28)9-11-21(17)24(22)26-29-23/h5-9,11,16,27-28H,1-4,10,12-15H2. The van der Waals surface area contributed by atoms with E-state index in [0.717, 1.165) is 48.3 Å². The van der Waals surface area contributed by atoms with E-state index in [1.807, 2.05) is 24.3 Å². The summed E-state index contributed by atoms with van der Waals surface area (Å²) in [4.78, 5) is 0. The van der Waals surface area contributed by atoms with E-state index in [1.165, 1.54) is 43.2 Å². The van der Waals surface area contributed by atoms with Gasteiger partial charge in [0.15, 0.2) is 0 Å². The van der Waals surface area contributed by atoms with Crippen LogP contribution >= 0.6 is 0 Å². The van der Waals surface area contributed by atoms with Crippen LogP contribution in [0.4, 0.5) is 0 Å². The van der Waals surface area contributed by atoms with Gasteiger partial charge in [-0.3, -0.25) is 0 Å².